The van der Waals surface area contributed by atoms with Gasteiger partial charge in [0.15, 0.2) is 0 Å². The van der Waals surface area contributed by atoms with Crippen LogP contribution in [0, 0.1) is 0 Å². The van der Waals surface area contributed by atoms with E-state index in [-0.39, 0.29) is 51.2 Å². The first-order chi connectivity index (χ1) is 16.4. The third kappa shape index (κ3) is 6.79. The Kier molecular flexibility index (Phi) is 9.00. The second kappa shape index (κ2) is 12.2. The van der Waals surface area contributed by atoms with Gasteiger partial charge in [0.2, 0.25) is 5.91 Å². The topological polar surface area (TPSA) is 117 Å². The maximum absolute atomic E-state index is 12.6. The lowest BCUT2D eigenvalue weighted by Gasteiger charge is -2.22. The van der Waals surface area contributed by atoms with E-state index in [9.17, 15) is 14.4 Å². The number of aliphatic carboxylic acids is 1. The van der Waals surface area contributed by atoms with Crippen LogP contribution in [-0.4, -0.2) is 81.0 Å². The molecular weight excluding hydrogens is 438 g/mol. The summed E-state index contributed by atoms with van der Waals surface area (Å²) in [5.41, 5.74) is 4.51. The lowest BCUT2D eigenvalue weighted by atomic mass is 9.98. The van der Waals surface area contributed by atoms with Crippen LogP contribution in [-0.2, 0) is 19.1 Å². The molecule has 0 spiro atoms. The van der Waals surface area contributed by atoms with Crippen molar-refractivity contribution in [2.45, 2.75) is 18.4 Å². The van der Waals surface area contributed by atoms with Crippen LogP contribution in [0.2, 0.25) is 0 Å². The van der Waals surface area contributed by atoms with Crippen molar-refractivity contribution in [3.8, 4) is 11.1 Å². The molecule has 9 nitrogen and oxygen atoms in total. The third-order valence-electron chi connectivity index (χ3n) is 5.51. The average molecular weight is 470 g/mol. The molecule has 1 unspecified atom stereocenters. The Morgan fingerprint density at radius 2 is 1.62 bits per heavy atom. The summed E-state index contributed by atoms with van der Waals surface area (Å²) in [6.45, 7) is 0.904. The highest BCUT2D eigenvalue weighted by Gasteiger charge is 2.29. The molecule has 2 aromatic rings. The zero-order valence-corrected chi connectivity index (χ0v) is 19.5. The highest BCUT2D eigenvalue weighted by Crippen LogP contribution is 2.44. The van der Waals surface area contributed by atoms with Gasteiger partial charge in [-0.3, -0.25) is 9.59 Å². The van der Waals surface area contributed by atoms with Gasteiger partial charge in [-0.2, -0.15) is 0 Å². The van der Waals surface area contributed by atoms with E-state index < -0.39 is 18.1 Å². The lowest BCUT2D eigenvalue weighted by molar-refractivity contribution is -0.138. The first kappa shape index (κ1) is 25.2. The normalized spacial score (nSPS) is 13.1. The second-order valence-corrected chi connectivity index (χ2v) is 8.33. The van der Waals surface area contributed by atoms with E-state index in [0.717, 1.165) is 22.3 Å². The van der Waals surface area contributed by atoms with Crippen LogP contribution in [0.15, 0.2) is 48.5 Å². The fraction of sp³-hybridized carbons (Fsp3) is 0.400. The van der Waals surface area contributed by atoms with E-state index in [1.807, 2.05) is 36.4 Å². The largest absolute Gasteiger partial charge is 0.481 e. The number of carbonyl (C=O) groups is 3. The molecule has 0 heterocycles. The molecule has 2 amide bonds. The second-order valence-electron chi connectivity index (χ2n) is 8.33. The molecule has 34 heavy (non-hydrogen) atoms. The minimum Gasteiger partial charge on any atom is -0.481 e. The predicted octanol–water partition coefficient (Wildman–Crippen LogP) is 2.06. The number of hydrogen-bond acceptors (Lipinski definition) is 6. The van der Waals surface area contributed by atoms with Gasteiger partial charge in [0, 0.05) is 19.0 Å². The van der Waals surface area contributed by atoms with Gasteiger partial charge in [0.25, 0.3) is 0 Å². The van der Waals surface area contributed by atoms with Gasteiger partial charge in [0.1, 0.15) is 12.6 Å². The van der Waals surface area contributed by atoms with Gasteiger partial charge >= 0.3 is 12.1 Å². The van der Waals surface area contributed by atoms with Crippen molar-refractivity contribution in [2.75, 3.05) is 47.0 Å². The number of nitrogens with zero attached hydrogens (tertiary/aromatic N) is 1. The molecule has 1 atom stereocenters. The fourth-order valence-corrected chi connectivity index (χ4v) is 3.97. The molecule has 0 saturated heterocycles. The number of amides is 2. The van der Waals surface area contributed by atoms with Crippen LogP contribution >= 0.6 is 0 Å². The molecule has 0 radical (unpaired) electrons. The van der Waals surface area contributed by atoms with Crippen molar-refractivity contribution in [2.24, 2.45) is 0 Å². The van der Waals surface area contributed by atoms with Crippen LogP contribution < -0.4 is 10.6 Å². The number of nitrogens with one attached hydrogen (secondary N) is 2. The summed E-state index contributed by atoms with van der Waals surface area (Å²) < 4.78 is 10.7. The van der Waals surface area contributed by atoms with Crippen molar-refractivity contribution in [1.29, 1.82) is 0 Å². The van der Waals surface area contributed by atoms with Crippen molar-refractivity contribution in [3.63, 3.8) is 0 Å². The SMILES string of the molecule is CN(C)CC(NC(=O)OCC1c2ccccc2-c2ccccc21)C(=O)NCCOCCC(=O)O. The van der Waals surface area contributed by atoms with Crippen LogP contribution in [0.5, 0.6) is 0 Å². The highest BCUT2D eigenvalue weighted by molar-refractivity contribution is 5.86. The van der Waals surface area contributed by atoms with Crippen molar-refractivity contribution in [3.05, 3.63) is 59.7 Å². The Morgan fingerprint density at radius 3 is 2.21 bits per heavy atom. The molecule has 3 rings (SSSR count). The van der Waals surface area contributed by atoms with E-state index in [1.54, 1.807) is 19.0 Å². The molecule has 0 fully saturated rings. The molecule has 9 heteroatoms. The summed E-state index contributed by atoms with van der Waals surface area (Å²) in [6, 6.07) is 15.3. The molecular formula is C25H31N3O6. The Balaban J connectivity index is 1.53. The maximum Gasteiger partial charge on any atom is 0.407 e. The van der Waals surface area contributed by atoms with E-state index in [4.69, 9.17) is 14.6 Å². The van der Waals surface area contributed by atoms with Gasteiger partial charge in [-0.15, -0.1) is 0 Å². The van der Waals surface area contributed by atoms with Gasteiger partial charge in [0.05, 0.1) is 19.6 Å². The van der Waals surface area contributed by atoms with E-state index in [2.05, 4.69) is 22.8 Å². The van der Waals surface area contributed by atoms with Crippen LogP contribution in [0.4, 0.5) is 4.79 Å². The molecule has 0 aliphatic heterocycles. The number of benzene rings is 2. The quantitative estimate of drug-likeness (QED) is 0.407. The van der Waals surface area contributed by atoms with Crippen molar-refractivity contribution < 1.29 is 29.0 Å². The number of ether oxygens (including phenoxy) is 2. The number of carbonyl (C=O) groups excluding carboxylic acids is 2. The summed E-state index contributed by atoms with van der Waals surface area (Å²) >= 11 is 0. The molecule has 3 N–H and O–H groups in total. The van der Waals surface area contributed by atoms with Crippen molar-refractivity contribution >= 4 is 18.0 Å². The standard InChI is InChI=1S/C25H31N3O6/c1-28(2)15-22(24(31)26-12-14-33-13-11-23(29)30)27-25(32)34-16-21-19-9-5-3-7-17(19)18-8-4-6-10-20(18)21/h3-10,21-22H,11-16H2,1-2H3,(H,26,31)(H,27,32)(H,29,30). The summed E-state index contributed by atoms with van der Waals surface area (Å²) in [6.07, 6.45) is -0.762. The zero-order chi connectivity index (χ0) is 24.5. The molecule has 1 aliphatic rings. The fourth-order valence-electron chi connectivity index (χ4n) is 3.97. The van der Waals surface area contributed by atoms with Gasteiger partial charge in [-0.1, -0.05) is 48.5 Å². The summed E-state index contributed by atoms with van der Waals surface area (Å²) in [5.74, 6) is -1.38. The minimum absolute atomic E-state index is 0.0674. The smallest absolute Gasteiger partial charge is 0.407 e. The zero-order valence-electron chi connectivity index (χ0n) is 19.5. The molecule has 0 saturated carbocycles. The Bertz CT molecular complexity index is 964. The molecule has 182 valence electrons. The Labute approximate surface area is 199 Å². The number of alkyl carbamates (subject to hydrolysis) is 1. The first-order valence-electron chi connectivity index (χ1n) is 11.2. The highest BCUT2D eigenvalue weighted by atomic mass is 16.5. The van der Waals surface area contributed by atoms with E-state index in [1.165, 1.54) is 0 Å². The first-order valence-corrected chi connectivity index (χ1v) is 11.2. The summed E-state index contributed by atoms with van der Waals surface area (Å²) in [4.78, 5) is 37.4. The monoisotopic (exact) mass is 469 g/mol. The predicted molar refractivity (Wildman–Crippen MR) is 127 cm³/mol. The van der Waals surface area contributed by atoms with E-state index in [0.29, 0.717) is 0 Å². The number of carboxylic acids is 1. The number of carboxylic acid groups (broad SMARTS) is 1. The molecule has 0 bridgehead atoms. The molecule has 2 aromatic carbocycles. The van der Waals surface area contributed by atoms with Gasteiger partial charge in [-0.25, -0.2) is 4.79 Å². The number of likely N-dealkylation sites (N-methyl/N-ethyl adjacent to an activating group) is 1. The third-order valence-corrected chi connectivity index (χ3v) is 5.51. The molecule has 0 aromatic heterocycles. The van der Waals surface area contributed by atoms with Crippen molar-refractivity contribution in [1.82, 2.24) is 15.5 Å². The maximum atomic E-state index is 12.6. The van der Waals surface area contributed by atoms with Crippen LogP contribution in [0.1, 0.15) is 23.5 Å². The molecule has 1 aliphatic carbocycles. The van der Waals surface area contributed by atoms with Crippen LogP contribution in [0.3, 0.4) is 0 Å². The minimum atomic E-state index is -0.942. The number of fused-ring (bicyclic) bond motifs is 3. The Hall–Kier alpha value is -3.43. The summed E-state index contributed by atoms with van der Waals surface area (Å²) in [5, 5.41) is 14.0. The average Bonchev–Trinajstić information content (AvgIpc) is 3.12. The lowest BCUT2D eigenvalue weighted by Crippen LogP contribution is -2.52. The van der Waals surface area contributed by atoms with Gasteiger partial charge < -0.3 is 30.1 Å². The Morgan fingerprint density at radius 1 is 1.00 bits per heavy atom. The summed E-state index contributed by atoms with van der Waals surface area (Å²) in [7, 11) is 3.60. The van der Waals surface area contributed by atoms with Gasteiger partial charge in [-0.05, 0) is 36.3 Å². The number of rotatable bonds is 12. The van der Waals surface area contributed by atoms with Crippen LogP contribution in [0.25, 0.3) is 11.1 Å². The number of hydrogen-bond donors (Lipinski definition) is 3. The van der Waals surface area contributed by atoms with E-state index >= 15 is 0 Å².